The van der Waals surface area contributed by atoms with Crippen LogP contribution in [0.15, 0.2) is 18.2 Å². The first kappa shape index (κ1) is 10.8. The lowest BCUT2D eigenvalue weighted by Gasteiger charge is -2.09. The van der Waals surface area contributed by atoms with E-state index in [0.717, 1.165) is 30.8 Å². The van der Waals surface area contributed by atoms with Crippen LogP contribution in [0.5, 0.6) is 11.5 Å². The van der Waals surface area contributed by atoms with Crippen molar-refractivity contribution in [1.29, 1.82) is 0 Å². The lowest BCUT2D eigenvalue weighted by molar-refractivity contribution is 0.174. The molecule has 5 nitrogen and oxygen atoms in total. The van der Waals surface area contributed by atoms with Gasteiger partial charge in [-0.05, 0) is 37.0 Å². The first-order valence-corrected chi connectivity index (χ1v) is 5.96. The van der Waals surface area contributed by atoms with E-state index in [1.165, 1.54) is 5.56 Å². The molecule has 2 atom stereocenters. The smallest absolute Gasteiger partial charge is 0.231 e. The van der Waals surface area contributed by atoms with E-state index in [2.05, 4.69) is 23.0 Å². The Balaban J connectivity index is 1.58. The summed E-state index contributed by atoms with van der Waals surface area (Å²) in [7, 11) is 0. The van der Waals surface area contributed by atoms with Gasteiger partial charge in [0.05, 0.1) is 6.17 Å². The first-order valence-electron chi connectivity index (χ1n) is 5.96. The van der Waals surface area contributed by atoms with Crippen LogP contribution in [0.1, 0.15) is 18.4 Å². The van der Waals surface area contributed by atoms with Crippen LogP contribution in [-0.4, -0.2) is 19.0 Å². The fourth-order valence-corrected chi connectivity index (χ4v) is 2.28. The summed E-state index contributed by atoms with van der Waals surface area (Å²) in [5.41, 5.74) is 13.3. The summed E-state index contributed by atoms with van der Waals surface area (Å²) in [5.74, 6) is 1.70. The topological polar surface area (TPSA) is 68.5 Å². The molecule has 0 spiro atoms. The van der Waals surface area contributed by atoms with E-state index in [-0.39, 0.29) is 6.17 Å². The van der Waals surface area contributed by atoms with Gasteiger partial charge in [0.15, 0.2) is 11.5 Å². The maximum absolute atomic E-state index is 5.76. The van der Waals surface area contributed by atoms with Gasteiger partial charge in [-0.25, -0.2) is 5.43 Å². The first-order chi connectivity index (χ1) is 8.31. The van der Waals surface area contributed by atoms with E-state index in [0.29, 0.717) is 12.8 Å². The fraction of sp³-hybridized carbons (Fsp3) is 0.500. The maximum atomic E-state index is 5.76. The number of nitrogens with one attached hydrogen (secondary N) is 2. The fourth-order valence-electron chi connectivity index (χ4n) is 2.28. The third kappa shape index (κ3) is 2.36. The molecule has 0 saturated carbocycles. The van der Waals surface area contributed by atoms with Crippen LogP contribution < -0.4 is 26.1 Å². The zero-order valence-corrected chi connectivity index (χ0v) is 9.61. The van der Waals surface area contributed by atoms with Crippen molar-refractivity contribution in [2.45, 2.75) is 31.5 Å². The minimum absolute atomic E-state index is 0.0803. The summed E-state index contributed by atoms with van der Waals surface area (Å²) in [6, 6.07) is 6.58. The van der Waals surface area contributed by atoms with Crippen molar-refractivity contribution in [2.24, 2.45) is 5.73 Å². The van der Waals surface area contributed by atoms with Crippen LogP contribution in [0.3, 0.4) is 0 Å². The minimum Gasteiger partial charge on any atom is -0.454 e. The van der Waals surface area contributed by atoms with Gasteiger partial charge in [-0.15, -0.1) is 0 Å². The van der Waals surface area contributed by atoms with Gasteiger partial charge in [-0.2, -0.15) is 0 Å². The molecule has 0 bridgehead atoms. The molecule has 5 heteroatoms. The van der Waals surface area contributed by atoms with Gasteiger partial charge >= 0.3 is 0 Å². The Kier molecular flexibility index (Phi) is 2.88. The van der Waals surface area contributed by atoms with E-state index in [9.17, 15) is 0 Å². The number of nitrogens with two attached hydrogens (primary N) is 1. The van der Waals surface area contributed by atoms with Crippen molar-refractivity contribution in [3.63, 3.8) is 0 Å². The Morgan fingerprint density at radius 1 is 1.24 bits per heavy atom. The van der Waals surface area contributed by atoms with Gasteiger partial charge in [0, 0.05) is 6.04 Å². The molecule has 1 fully saturated rings. The summed E-state index contributed by atoms with van der Waals surface area (Å²) in [5, 5.41) is 0. The number of ether oxygens (including phenoxy) is 2. The van der Waals surface area contributed by atoms with Crippen molar-refractivity contribution in [1.82, 2.24) is 10.9 Å². The highest BCUT2D eigenvalue weighted by molar-refractivity contribution is 5.44. The molecule has 1 aromatic carbocycles. The molecule has 2 unspecified atom stereocenters. The standard InChI is InChI=1S/C12H17N3O2/c13-12-6-9(14-15-12)3-1-8-2-4-10-11(5-8)17-7-16-10/h2,4-5,9,12,14-15H,1,3,6-7,13H2. The van der Waals surface area contributed by atoms with Gasteiger partial charge in [0.2, 0.25) is 6.79 Å². The van der Waals surface area contributed by atoms with Crippen molar-refractivity contribution in [3.8, 4) is 11.5 Å². The molecule has 1 aromatic rings. The second-order valence-corrected chi connectivity index (χ2v) is 4.55. The Morgan fingerprint density at radius 3 is 2.94 bits per heavy atom. The molecule has 4 N–H and O–H groups in total. The molecule has 17 heavy (non-hydrogen) atoms. The molecule has 0 aliphatic carbocycles. The Hall–Kier alpha value is -1.30. The summed E-state index contributed by atoms with van der Waals surface area (Å²) >= 11 is 0. The van der Waals surface area contributed by atoms with Gasteiger partial charge < -0.3 is 15.2 Å². The van der Waals surface area contributed by atoms with Crippen LogP contribution in [0.2, 0.25) is 0 Å². The zero-order chi connectivity index (χ0) is 11.7. The molecular formula is C12H17N3O2. The largest absolute Gasteiger partial charge is 0.454 e. The summed E-state index contributed by atoms with van der Waals surface area (Å²) in [6.07, 6.45) is 3.14. The van der Waals surface area contributed by atoms with Crippen LogP contribution in [0, 0.1) is 0 Å². The van der Waals surface area contributed by atoms with Crippen molar-refractivity contribution in [2.75, 3.05) is 6.79 Å². The van der Waals surface area contributed by atoms with Crippen LogP contribution >= 0.6 is 0 Å². The third-order valence-corrected chi connectivity index (χ3v) is 3.23. The van der Waals surface area contributed by atoms with Gasteiger partial charge in [-0.1, -0.05) is 6.07 Å². The average Bonchev–Trinajstić information content (AvgIpc) is 2.94. The second-order valence-electron chi connectivity index (χ2n) is 4.55. The normalized spacial score (nSPS) is 26.4. The van der Waals surface area contributed by atoms with Gasteiger partial charge in [0.1, 0.15) is 0 Å². The Labute approximate surface area is 100 Å². The molecule has 92 valence electrons. The van der Waals surface area contributed by atoms with E-state index >= 15 is 0 Å². The highest BCUT2D eigenvalue weighted by Crippen LogP contribution is 2.32. The number of benzene rings is 1. The monoisotopic (exact) mass is 235 g/mol. The lowest BCUT2D eigenvalue weighted by Crippen LogP contribution is -2.37. The number of aryl methyl sites for hydroxylation is 1. The van der Waals surface area contributed by atoms with Crippen LogP contribution in [0.4, 0.5) is 0 Å². The predicted octanol–water partition coefficient (Wildman–Crippen LogP) is 0.499. The Morgan fingerprint density at radius 2 is 2.12 bits per heavy atom. The van der Waals surface area contributed by atoms with Crippen molar-refractivity contribution in [3.05, 3.63) is 23.8 Å². The quantitative estimate of drug-likeness (QED) is 0.712. The van der Waals surface area contributed by atoms with E-state index in [4.69, 9.17) is 15.2 Å². The van der Waals surface area contributed by atoms with E-state index < -0.39 is 0 Å². The average molecular weight is 235 g/mol. The molecule has 1 saturated heterocycles. The van der Waals surface area contributed by atoms with Gasteiger partial charge in [-0.3, -0.25) is 5.43 Å². The van der Waals surface area contributed by atoms with Gasteiger partial charge in [0.25, 0.3) is 0 Å². The molecular weight excluding hydrogens is 218 g/mol. The van der Waals surface area contributed by atoms with Crippen LogP contribution in [0.25, 0.3) is 0 Å². The lowest BCUT2D eigenvalue weighted by atomic mass is 10.0. The SMILES string of the molecule is NC1CC(CCc2ccc3c(c2)OCO3)NN1. The summed E-state index contributed by atoms with van der Waals surface area (Å²) in [6.45, 7) is 0.335. The molecule has 2 aliphatic heterocycles. The highest BCUT2D eigenvalue weighted by Gasteiger charge is 2.20. The predicted molar refractivity (Wildman–Crippen MR) is 63.5 cm³/mol. The zero-order valence-electron chi connectivity index (χ0n) is 9.61. The summed E-state index contributed by atoms with van der Waals surface area (Å²) < 4.78 is 10.6. The van der Waals surface area contributed by atoms with E-state index in [1.807, 2.05) is 6.07 Å². The van der Waals surface area contributed by atoms with Crippen LogP contribution in [-0.2, 0) is 6.42 Å². The third-order valence-electron chi connectivity index (χ3n) is 3.23. The molecule has 0 aromatic heterocycles. The minimum atomic E-state index is 0.0803. The molecule has 2 heterocycles. The number of hydrazine groups is 1. The summed E-state index contributed by atoms with van der Waals surface area (Å²) in [4.78, 5) is 0. The molecule has 3 rings (SSSR count). The second kappa shape index (κ2) is 4.52. The van der Waals surface area contributed by atoms with E-state index in [1.54, 1.807) is 0 Å². The highest BCUT2D eigenvalue weighted by atomic mass is 16.7. The number of hydrogen-bond donors (Lipinski definition) is 3. The Bertz CT molecular complexity index is 411. The molecule has 0 radical (unpaired) electrons. The maximum Gasteiger partial charge on any atom is 0.231 e. The van der Waals surface area contributed by atoms with Crippen molar-refractivity contribution >= 4 is 0 Å². The molecule has 2 aliphatic rings. The number of fused-ring (bicyclic) bond motifs is 1. The molecule has 0 amide bonds. The number of hydrogen-bond acceptors (Lipinski definition) is 5. The van der Waals surface area contributed by atoms with Crippen molar-refractivity contribution < 1.29 is 9.47 Å². The number of rotatable bonds is 3.